The number of benzene rings is 2. The summed E-state index contributed by atoms with van der Waals surface area (Å²) >= 11 is 1.63. The van der Waals surface area contributed by atoms with Crippen LogP contribution in [0.5, 0.6) is 0 Å². The van der Waals surface area contributed by atoms with E-state index < -0.39 is 0 Å². The quantitative estimate of drug-likeness (QED) is 0.284. The second kappa shape index (κ2) is 9.46. The second-order valence-electron chi connectivity index (χ2n) is 7.98. The maximum Gasteiger partial charge on any atom is 0.254 e. The molecule has 5 nitrogen and oxygen atoms in total. The molecule has 5 rings (SSSR count). The van der Waals surface area contributed by atoms with Gasteiger partial charge in [-0.25, -0.2) is 4.98 Å². The molecule has 3 aromatic heterocycles. The lowest BCUT2D eigenvalue weighted by molar-refractivity contribution is 0.0733. The zero-order chi connectivity index (χ0) is 22.6. The fraction of sp³-hybridized carbons (Fsp3) is 0.185. The number of aromatic nitrogens is 2. The van der Waals surface area contributed by atoms with Gasteiger partial charge in [-0.3, -0.25) is 9.20 Å². The van der Waals surface area contributed by atoms with Crippen LogP contribution in [0, 0.1) is 0 Å². The first-order chi connectivity index (χ1) is 16.2. The third-order valence-corrected chi connectivity index (χ3v) is 6.70. The summed E-state index contributed by atoms with van der Waals surface area (Å²) in [7, 11) is 0. The van der Waals surface area contributed by atoms with Crippen molar-refractivity contribution in [2.24, 2.45) is 0 Å². The van der Waals surface area contributed by atoms with Crippen LogP contribution in [-0.4, -0.2) is 26.7 Å². The van der Waals surface area contributed by atoms with Crippen molar-refractivity contribution in [3.05, 3.63) is 107 Å². The van der Waals surface area contributed by atoms with Crippen molar-refractivity contribution in [3.8, 4) is 11.3 Å². The van der Waals surface area contributed by atoms with Gasteiger partial charge in [0.1, 0.15) is 5.76 Å². The van der Waals surface area contributed by atoms with Crippen molar-refractivity contribution in [3.63, 3.8) is 0 Å². The third kappa shape index (κ3) is 4.61. The molecule has 0 atom stereocenters. The van der Waals surface area contributed by atoms with Gasteiger partial charge in [-0.2, -0.15) is 0 Å². The maximum absolute atomic E-state index is 13.4. The molecule has 0 spiro atoms. The molecule has 0 radical (unpaired) electrons. The highest BCUT2D eigenvalue weighted by Crippen LogP contribution is 2.24. The highest BCUT2D eigenvalue weighted by Gasteiger charge is 2.19. The normalized spacial score (nSPS) is 11.2. The molecule has 0 bridgehead atoms. The van der Waals surface area contributed by atoms with Crippen molar-refractivity contribution in [2.75, 3.05) is 6.54 Å². The van der Waals surface area contributed by atoms with Gasteiger partial charge < -0.3 is 9.32 Å². The van der Waals surface area contributed by atoms with E-state index in [9.17, 15) is 4.79 Å². The van der Waals surface area contributed by atoms with Crippen LogP contribution in [0.25, 0.3) is 16.2 Å². The molecule has 0 N–H and O–H groups in total. The Morgan fingerprint density at radius 3 is 2.61 bits per heavy atom. The molecule has 0 saturated carbocycles. The number of nitrogens with zero attached hydrogens (tertiary/aromatic N) is 3. The SMILES string of the molecule is CCc1ccc(C(=O)N(CCc2csc3nc(-c4ccccc4)cn23)Cc2ccco2)cc1. The van der Waals surface area contributed by atoms with Gasteiger partial charge in [0.05, 0.1) is 18.5 Å². The zero-order valence-electron chi connectivity index (χ0n) is 18.5. The summed E-state index contributed by atoms with van der Waals surface area (Å²) in [5, 5.41) is 2.13. The Labute approximate surface area is 196 Å². The average Bonchev–Trinajstić information content (AvgIpc) is 3.60. The molecule has 0 aliphatic heterocycles. The molecule has 5 aromatic rings. The van der Waals surface area contributed by atoms with E-state index in [0.717, 1.165) is 40.5 Å². The van der Waals surface area contributed by atoms with E-state index in [0.29, 0.717) is 18.7 Å². The molecule has 0 aliphatic carbocycles. The number of hydrogen-bond donors (Lipinski definition) is 0. The minimum Gasteiger partial charge on any atom is -0.467 e. The van der Waals surface area contributed by atoms with E-state index in [2.05, 4.69) is 35.0 Å². The molecule has 6 heteroatoms. The van der Waals surface area contributed by atoms with Gasteiger partial charge in [-0.15, -0.1) is 11.3 Å². The van der Waals surface area contributed by atoms with Gasteiger partial charge in [0.25, 0.3) is 5.91 Å². The average molecular weight is 456 g/mol. The Kier molecular flexibility index (Phi) is 6.09. The molecule has 0 unspecified atom stereocenters. The van der Waals surface area contributed by atoms with Crippen LogP contribution in [0.3, 0.4) is 0 Å². The molecule has 3 heterocycles. The van der Waals surface area contributed by atoms with Crippen LogP contribution in [0.15, 0.2) is 89.0 Å². The molecule has 33 heavy (non-hydrogen) atoms. The van der Waals surface area contributed by atoms with Crippen LogP contribution < -0.4 is 0 Å². The molecular weight excluding hydrogens is 430 g/mol. The van der Waals surface area contributed by atoms with E-state index in [1.807, 2.05) is 59.5 Å². The van der Waals surface area contributed by atoms with Gasteiger partial charge in [-0.05, 0) is 36.2 Å². The minimum atomic E-state index is 0.0103. The van der Waals surface area contributed by atoms with Gasteiger partial charge >= 0.3 is 0 Å². The number of aryl methyl sites for hydroxylation is 1. The Morgan fingerprint density at radius 2 is 1.88 bits per heavy atom. The van der Waals surface area contributed by atoms with Crippen molar-refractivity contribution < 1.29 is 9.21 Å². The van der Waals surface area contributed by atoms with Gasteiger partial charge in [0.15, 0.2) is 4.96 Å². The highest BCUT2D eigenvalue weighted by molar-refractivity contribution is 7.15. The standard InChI is InChI=1S/C27H25N3O2S/c1-2-20-10-12-22(13-11-20)26(31)29(17-24-9-6-16-32-24)15-14-23-19-33-27-28-25(18-30(23)27)21-7-4-3-5-8-21/h3-13,16,18-19H,2,14-15,17H2,1H3. The van der Waals surface area contributed by atoms with Crippen molar-refractivity contribution in [1.82, 2.24) is 14.3 Å². The fourth-order valence-electron chi connectivity index (χ4n) is 3.92. The topological polar surface area (TPSA) is 50.8 Å². The number of amides is 1. The summed E-state index contributed by atoms with van der Waals surface area (Å²) in [6.07, 6.45) is 5.41. The minimum absolute atomic E-state index is 0.0103. The molecule has 166 valence electrons. The summed E-state index contributed by atoms with van der Waals surface area (Å²) in [6.45, 7) is 3.13. The van der Waals surface area contributed by atoms with Gasteiger partial charge in [-0.1, -0.05) is 49.4 Å². The molecule has 0 fully saturated rings. The number of carbonyl (C=O) groups is 1. The predicted molar refractivity (Wildman–Crippen MR) is 131 cm³/mol. The van der Waals surface area contributed by atoms with Crippen LogP contribution >= 0.6 is 11.3 Å². The number of imidazole rings is 1. The predicted octanol–water partition coefficient (Wildman–Crippen LogP) is 6.10. The first-order valence-corrected chi connectivity index (χ1v) is 12.0. The van der Waals surface area contributed by atoms with Gasteiger partial charge in [0.2, 0.25) is 0 Å². The number of thiazole rings is 1. The zero-order valence-corrected chi connectivity index (χ0v) is 19.3. The molecule has 1 amide bonds. The molecule has 0 aliphatic rings. The van der Waals surface area contributed by atoms with E-state index in [-0.39, 0.29) is 5.91 Å². The fourth-order valence-corrected chi connectivity index (χ4v) is 4.82. The first-order valence-electron chi connectivity index (χ1n) is 11.1. The first kappa shape index (κ1) is 21.2. The Morgan fingerprint density at radius 1 is 1.06 bits per heavy atom. The Bertz CT molecular complexity index is 1340. The van der Waals surface area contributed by atoms with E-state index >= 15 is 0 Å². The van der Waals surface area contributed by atoms with E-state index in [1.165, 1.54) is 5.56 Å². The van der Waals surface area contributed by atoms with Crippen LogP contribution in [0.2, 0.25) is 0 Å². The lowest BCUT2D eigenvalue weighted by Gasteiger charge is -2.22. The van der Waals surface area contributed by atoms with E-state index in [4.69, 9.17) is 9.40 Å². The summed E-state index contributed by atoms with van der Waals surface area (Å²) in [4.78, 5) is 20.9. The molecular formula is C27H25N3O2S. The lowest BCUT2D eigenvalue weighted by Crippen LogP contribution is -2.32. The van der Waals surface area contributed by atoms with Crippen LogP contribution in [0.1, 0.15) is 34.3 Å². The Hall–Kier alpha value is -3.64. The highest BCUT2D eigenvalue weighted by atomic mass is 32.1. The Balaban J connectivity index is 1.37. The van der Waals surface area contributed by atoms with Crippen molar-refractivity contribution in [2.45, 2.75) is 26.3 Å². The molecule has 2 aromatic carbocycles. The molecule has 0 saturated heterocycles. The second-order valence-corrected chi connectivity index (χ2v) is 8.81. The lowest BCUT2D eigenvalue weighted by atomic mass is 10.1. The summed E-state index contributed by atoms with van der Waals surface area (Å²) in [5.74, 6) is 0.786. The van der Waals surface area contributed by atoms with Crippen molar-refractivity contribution >= 4 is 22.2 Å². The van der Waals surface area contributed by atoms with E-state index in [1.54, 1.807) is 17.6 Å². The van der Waals surface area contributed by atoms with Crippen molar-refractivity contribution in [1.29, 1.82) is 0 Å². The number of furan rings is 1. The van der Waals surface area contributed by atoms with Crippen LogP contribution in [-0.2, 0) is 19.4 Å². The monoisotopic (exact) mass is 455 g/mol. The number of carbonyl (C=O) groups excluding carboxylic acids is 1. The van der Waals surface area contributed by atoms with Crippen LogP contribution in [0.4, 0.5) is 0 Å². The number of hydrogen-bond acceptors (Lipinski definition) is 4. The summed E-state index contributed by atoms with van der Waals surface area (Å²) in [6, 6.07) is 21.8. The van der Waals surface area contributed by atoms with Gasteiger partial charge in [0, 0.05) is 41.4 Å². The summed E-state index contributed by atoms with van der Waals surface area (Å²) < 4.78 is 7.68. The summed E-state index contributed by atoms with van der Waals surface area (Å²) in [5.41, 5.74) is 5.12. The number of fused-ring (bicyclic) bond motifs is 1. The third-order valence-electron chi connectivity index (χ3n) is 5.81. The largest absolute Gasteiger partial charge is 0.467 e. The maximum atomic E-state index is 13.4. The smallest absolute Gasteiger partial charge is 0.254 e. The number of rotatable bonds is 8.